The number of hydrogen-bond acceptors (Lipinski definition) is 4. The van der Waals surface area contributed by atoms with Gasteiger partial charge in [0, 0.05) is 25.6 Å². The van der Waals surface area contributed by atoms with Crippen LogP contribution in [0.15, 0.2) is 24.3 Å². The van der Waals surface area contributed by atoms with E-state index in [0.29, 0.717) is 24.4 Å². The minimum atomic E-state index is -0.0845. The quantitative estimate of drug-likeness (QED) is 0.775. The van der Waals surface area contributed by atoms with E-state index in [1.54, 1.807) is 23.1 Å². The third-order valence-corrected chi connectivity index (χ3v) is 3.62. The number of nitrogens with two attached hydrogens (primary N) is 1. The number of para-hydroxylation sites is 1. The lowest BCUT2D eigenvalue weighted by atomic mass is 10.1. The Labute approximate surface area is 123 Å². The average molecular weight is 294 g/mol. The predicted octanol–water partition coefficient (Wildman–Crippen LogP) is 0.540. The highest BCUT2D eigenvalue weighted by Gasteiger charge is 2.25. The van der Waals surface area contributed by atoms with E-state index in [-0.39, 0.29) is 30.0 Å². The standard InChI is InChI=1S/C14H18N2O3S/c15-14(20)11-3-1-2-4-12(11)19-9-13(18)16-6-5-10(7-16)8-17/h1-4,10,17H,5-9H2,(H2,15,20). The SMILES string of the molecule is NC(=S)c1ccccc1OCC(=O)N1CCC(CO)C1. The van der Waals surface area contributed by atoms with E-state index >= 15 is 0 Å². The van der Waals surface area contributed by atoms with Crippen molar-refractivity contribution in [2.45, 2.75) is 6.42 Å². The molecule has 1 aliphatic heterocycles. The lowest BCUT2D eigenvalue weighted by Gasteiger charge is -2.17. The smallest absolute Gasteiger partial charge is 0.260 e. The first-order chi connectivity index (χ1) is 9.61. The summed E-state index contributed by atoms with van der Waals surface area (Å²) in [5, 5.41) is 9.07. The fraction of sp³-hybridized carbons (Fsp3) is 0.429. The molecule has 1 atom stereocenters. The molecule has 1 amide bonds. The number of hydrogen-bond donors (Lipinski definition) is 2. The van der Waals surface area contributed by atoms with Crippen molar-refractivity contribution in [1.82, 2.24) is 4.90 Å². The van der Waals surface area contributed by atoms with Gasteiger partial charge in [-0.25, -0.2) is 0 Å². The summed E-state index contributed by atoms with van der Waals surface area (Å²) in [6, 6.07) is 7.12. The first kappa shape index (κ1) is 14.7. The monoisotopic (exact) mass is 294 g/mol. The fourth-order valence-corrected chi connectivity index (χ4v) is 2.40. The van der Waals surface area contributed by atoms with E-state index in [4.69, 9.17) is 27.8 Å². The minimum Gasteiger partial charge on any atom is -0.483 e. The summed E-state index contributed by atoms with van der Waals surface area (Å²) in [7, 11) is 0. The molecule has 20 heavy (non-hydrogen) atoms. The number of aliphatic hydroxyl groups is 1. The molecular formula is C14H18N2O3S. The number of nitrogens with zero attached hydrogens (tertiary/aromatic N) is 1. The Balaban J connectivity index is 1.92. The largest absolute Gasteiger partial charge is 0.483 e. The average Bonchev–Trinajstić information content (AvgIpc) is 2.94. The van der Waals surface area contributed by atoms with Gasteiger partial charge in [-0.05, 0) is 18.6 Å². The maximum atomic E-state index is 12.0. The van der Waals surface area contributed by atoms with Crippen molar-refractivity contribution in [2.24, 2.45) is 11.7 Å². The second kappa shape index (κ2) is 6.67. The van der Waals surface area contributed by atoms with Gasteiger partial charge in [0.1, 0.15) is 10.7 Å². The lowest BCUT2D eigenvalue weighted by molar-refractivity contribution is -0.132. The Morgan fingerprint density at radius 1 is 1.50 bits per heavy atom. The van der Waals surface area contributed by atoms with Crippen LogP contribution in [0.2, 0.25) is 0 Å². The van der Waals surface area contributed by atoms with Gasteiger partial charge in [-0.3, -0.25) is 4.79 Å². The number of carbonyl (C=O) groups excluding carboxylic acids is 1. The maximum absolute atomic E-state index is 12.0. The van der Waals surface area contributed by atoms with Crippen molar-refractivity contribution in [2.75, 3.05) is 26.3 Å². The van der Waals surface area contributed by atoms with Crippen LogP contribution in [0, 0.1) is 5.92 Å². The van der Waals surface area contributed by atoms with Crippen LogP contribution in [0.1, 0.15) is 12.0 Å². The van der Waals surface area contributed by atoms with Crippen LogP contribution >= 0.6 is 12.2 Å². The molecule has 2 rings (SSSR count). The van der Waals surface area contributed by atoms with Crippen LogP contribution in [0.25, 0.3) is 0 Å². The Morgan fingerprint density at radius 3 is 2.90 bits per heavy atom. The number of amides is 1. The minimum absolute atomic E-state index is 0.0439. The summed E-state index contributed by atoms with van der Waals surface area (Å²) in [4.78, 5) is 14.0. The van der Waals surface area contributed by atoms with Gasteiger partial charge in [-0.15, -0.1) is 0 Å². The highest BCUT2D eigenvalue weighted by molar-refractivity contribution is 7.80. The van der Waals surface area contributed by atoms with Crippen LogP contribution in [0.3, 0.4) is 0 Å². The normalized spacial score (nSPS) is 18.1. The Hall–Kier alpha value is -1.66. The molecule has 1 aromatic rings. The molecule has 0 radical (unpaired) electrons. The molecule has 1 aliphatic rings. The molecule has 3 N–H and O–H groups in total. The van der Waals surface area contributed by atoms with Gasteiger partial charge >= 0.3 is 0 Å². The Morgan fingerprint density at radius 2 is 2.25 bits per heavy atom. The van der Waals surface area contributed by atoms with E-state index < -0.39 is 0 Å². The molecule has 1 fully saturated rings. The highest BCUT2D eigenvalue weighted by Crippen LogP contribution is 2.19. The van der Waals surface area contributed by atoms with Crippen LogP contribution in [0.5, 0.6) is 5.75 Å². The van der Waals surface area contributed by atoms with Crippen molar-refractivity contribution in [3.8, 4) is 5.75 Å². The van der Waals surface area contributed by atoms with Crippen LogP contribution < -0.4 is 10.5 Å². The first-order valence-electron chi connectivity index (χ1n) is 6.52. The molecule has 1 aromatic carbocycles. The summed E-state index contributed by atoms with van der Waals surface area (Å²) in [5.74, 6) is 0.618. The van der Waals surface area contributed by atoms with Gasteiger partial charge in [-0.2, -0.15) is 0 Å². The number of aliphatic hydroxyl groups excluding tert-OH is 1. The second-order valence-electron chi connectivity index (χ2n) is 4.83. The molecule has 0 aromatic heterocycles. The van der Waals surface area contributed by atoms with E-state index in [9.17, 15) is 4.79 Å². The van der Waals surface area contributed by atoms with Crippen molar-refractivity contribution in [3.63, 3.8) is 0 Å². The summed E-state index contributed by atoms with van der Waals surface area (Å²) in [6.45, 7) is 1.34. The van der Waals surface area contributed by atoms with E-state index in [1.165, 1.54) is 0 Å². The number of ether oxygens (including phenoxy) is 1. The van der Waals surface area contributed by atoms with Gasteiger partial charge in [0.2, 0.25) is 0 Å². The van der Waals surface area contributed by atoms with Gasteiger partial charge in [0.15, 0.2) is 6.61 Å². The Bertz CT molecular complexity index is 507. The first-order valence-corrected chi connectivity index (χ1v) is 6.93. The number of likely N-dealkylation sites (tertiary alicyclic amines) is 1. The molecule has 108 valence electrons. The Kier molecular flexibility index (Phi) is 4.92. The molecule has 0 aliphatic carbocycles. The second-order valence-corrected chi connectivity index (χ2v) is 5.27. The predicted molar refractivity (Wildman–Crippen MR) is 79.6 cm³/mol. The summed E-state index contributed by atoms with van der Waals surface area (Å²) in [6.07, 6.45) is 0.839. The zero-order chi connectivity index (χ0) is 14.5. The van der Waals surface area contributed by atoms with E-state index in [0.717, 1.165) is 6.42 Å². The molecular weight excluding hydrogens is 276 g/mol. The van der Waals surface area contributed by atoms with Gasteiger partial charge in [0.25, 0.3) is 5.91 Å². The summed E-state index contributed by atoms with van der Waals surface area (Å²) >= 11 is 4.94. The van der Waals surface area contributed by atoms with Crippen molar-refractivity contribution < 1.29 is 14.6 Å². The van der Waals surface area contributed by atoms with Crippen LogP contribution in [-0.4, -0.2) is 47.2 Å². The molecule has 5 nitrogen and oxygen atoms in total. The zero-order valence-corrected chi connectivity index (χ0v) is 11.9. The molecule has 0 saturated carbocycles. The van der Waals surface area contributed by atoms with Crippen molar-refractivity contribution in [1.29, 1.82) is 0 Å². The molecule has 0 spiro atoms. The van der Waals surface area contributed by atoms with E-state index in [1.807, 2.05) is 6.07 Å². The number of thiocarbonyl (C=S) groups is 1. The van der Waals surface area contributed by atoms with Crippen molar-refractivity contribution >= 4 is 23.1 Å². The summed E-state index contributed by atoms with van der Waals surface area (Å²) < 4.78 is 5.52. The van der Waals surface area contributed by atoms with E-state index in [2.05, 4.69) is 0 Å². The van der Waals surface area contributed by atoms with Gasteiger partial charge in [-0.1, -0.05) is 24.4 Å². The maximum Gasteiger partial charge on any atom is 0.260 e. The zero-order valence-electron chi connectivity index (χ0n) is 11.1. The molecule has 0 bridgehead atoms. The fourth-order valence-electron chi connectivity index (χ4n) is 2.24. The number of rotatable bonds is 5. The third kappa shape index (κ3) is 3.46. The molecule has 6 heteroatoms. The van der Waals surface area contributed by atoms with Crippen LogP contribution in [-0.2, 0) is 4.79 Å². The summed E-state index contributed by atoms with van der Waals surface area (Å²) in [5.41, 5.74) is 6.24. The molecule has 1 saturated heterocycles. The lowest BCUT2D eigenvalue weighted by Crippen LogP contribution is -2.33. The van der Waals surface area contributed by atoms with Crippen LogP contribution in [0.4, 0.5) is 0 Å². The number of carbonyl (C=O) groups is 1. The number of benzene rings is 1. The molecule has 1 heterocycles. The van der Waals surface area contributed by atoms with Gasteiger partial charge < -0.3 is 20.5 Å². The molecule has 1 unspecified atom stereocenters. The topological polar surface area (TPSA) is 75.8 Å². The third-order valence-electron chi connectivity index (χ3n) is 3.40. The van der Waals surface area contributed by atoms with Crippen molar-refractivity contribution in [3.05, 3.63) is 29.8 Å². The highest BCUT2D eigenvalue weighted by atomic mass is 32.1. The van der Waals surface area contributed by atoms with Gasteiger partial charge in [0.05, 0.1) is 5.56 Å².